The second kappa shape index (κ2) is 6.69. The molecule has 0 bridgehead atoms. The molecule has 6 nitrogen and oxygen atoms in total. The summed E-state index contributed by atoms with van der Waals surface area (Å²) in [6, 6.07) is -0.144. The van der Waals surface area contributed by atoms with E-state index in [1.165, 1.54) is 0 Å². The fourth-order valence-electron chi connectivity index (χ4n) is 2.83. The molecular weight excluding hydrogens is 280 g/mol. The third-order valence-corrected chi connectivity index (χ3v) is 3.89. The number of amides is 1. The van der Waals surface area contributed by atoms with E-state index in [0.717, 1.165) is 25.2 Å². The molecule has 6 heteroatoms. The number of likely N-dealkylation sites (tertiary alicyclic amines) is 1. The van der Waals surface area contributed by atoms with Crippen molar-refractivity contribution < 1.29 is 9.53 Å². The van der Waals surface area contributed by atoms with Gasteiger partial charge in [0.15, 0.2) is 0 Å². The van der Waals surface area contributed by atoms with E-state index in [2.05, 4.69) is 16.5 Å². The molecule has 1 amide bonds. The zero-order chi connectivity index (χ0) is 16.3. The molecule has 1 aromatic heterocycles. The summed E-state index contributed by atoms with van der Waals surface area (Å²) in [5, 5.41) is 0. The van der Waals surface area contributed by atoms with Gasteiger partial charge < -0.3 is 19.9 Å². The van der Waals surface area contributed by atoms with Crippen LogP contribution in [0.2, 0.25) is 0 Å². The predicted octanol–water partition coefficient (Wildman–Crippen LogP) is 2.55. The first kappa shape index (κ1) is 16.8. The molecule has 22 heavy (non-hydrogen) atoms. The summed E-state index contributed by atoms with van der Waals surface area (Å²) in [4.78, 5) is 18.3. The molecule has 0 aromatic carbocycles. The molecule has 1 aliphatic rings. The number of nitrogens with two attached hydrogens (primary N) is 1. The van der Waals surface area contributed by atoms with E-state index >= 15 is 0 Å². The normalized spacial score (nSPS) is 20.2. The maximum Gasteiger partial charge on any atom is 0.410 e. The van der Waals surface area contributed by atoms with Crippen LogP contribution in [0.3, 0.4) is 0 Å². The Hall–Kier alpha value is -1.56. The van der Waals surface area contributed by atoms with Gasteiger partial charge in [-0.2, -0.15) is 0 Å². The molecule has 0 aliphatic carbocycles. The standard InChI is InChI=1S/C16H28N4O2/c1-5-8-19-10-7-18-14(19)13(17)12-6-9-20(11-12)15(21)22-16(2,3)4/h7,10,12-13H,5-6,8-9,11,17H2,1-4H3. The van der Waals surface area contributed by atoms with E-state index in [1.54, 1.807) is 11.1 Å². The van der Waals surface area contributed by atoms with E-state index in [9.17, 15) is 4.79 Å². The summed E-state index contributed by atoms with van der Waals surface area (Å²) in [5.74, 6) is 1.14. The van der Waals surface area contributed by atoms with E-state index in [4.69, 9.17) is 10.5 Å². The van der Waals surface area contributed by atoms with Crippen LogP contribution >= 0.6 is 0 Å². The topological polar surface area (TPSA) is 73.4 Å². The Morgan fingerprint density at radius 2 is 2.27 bits per heavy atom. The first-order valence-electron chi connectivity index (χ1n) is 8.06. The van der Waals surface area contributed by atoms with Crippen molar-refractivity contribution in [2.45, 2.75) is 58.7 Å². The second-order valence-corrected chi connectivity index (χ2v) is 6.98. The van der Waals surface area contributed by atoms with Gasteiger partial charge in [0.1, 0.15) is 11.4 Å². The highest BCUT2D eigenvalue weighted by atomic mass is 16.6. The minimum Gasteiger partial charge on any atom is -0.444 e. The Labute approximate surface area is 132 Å². The van der Waals surface area contributed by atoms with Crippen LogP contribution in [0.5, 0.6) is 0 Å². The summed E-state index contributed by atoms with van der Waals surface area (Å²) < 4.78 is 7.54. The minimum atomic E-state index is -0.464. The first-order valence-corrected chi connectivity index (χ1v) is 8.06. The number of aromatic nitrogens is 2. The van der Waals surface area contributed by atoms with Crippen LogP contribution in [0.25, 0.3) is 0 Å². The van der Waals surface area contributed by atoms with Gasteiger partial charge in [-0.15, -0.1) is 0 Å². The van der Waals surface area contributed by atoms with E-state index < -0.39 is 5.60 Å². The van der Waals surface area contributed by atoms with Crippen LogP contribution in [0.15, 0.2) is 12.4 Å². The van der Waals surface area contributed by atoms with Crippen LogP contribution in [0.4, 0.5) is 4.79 Å². The molecule has 2 N–H and O–H groups in total. The molecule has 124 valence electrons. The van der Waals surface area contributed by atoms with Crippen LogP contribution in [-0.4, -0.2) is 39.2 Å². The number of rotatable bonds is 4. The Morgan fingerprint density at radius 1 is 1.55 bits per heavy atom. The fraction of sp³-hybridized carbons (Fsp3) is 0.750. The largest absolute Gasteiger partial charge is 0.444 e. The number of imidazole rings is 1. The molecule has 1 aliphatic heterocycles. The number of carbonyl (C=O) groups is 1. The zero-order valence-electron chi connectivity index (χ0n) is 14.1. The van der Waals surface area contributed by atoms with Crippen molar-refractivity contribution >= 4 is 6.09 Å². The molecule has 0 saturated carbocycles. The predicted molar refractivity (Wildman–Crippen MR) is 85.4 cm³/mol. The number of hydrogen-bond acceptors (Lipinski definition) is 4. The third kappa shape index (κ3) is 4.00. The zero-order valence-corrected chi connectivity index (χ0v) is 14.1. The van der Waals surface area contributed by atoms with Gasteiger partial charge in [0.2, 0.25) is 0 Å². The van der Waals surface area contributed by atoms with Crippen LogP contribution in [0.1, 0.15) is 52.4 Å². The molecule has 1 aromatic rings. The molecule has 2 atom stereocenters. The van der Waals surface area contributed by atoms with Gasteiger partial charge in [0, 0.05) is 37.9 Å². The summed E-state index contributed by atoms with van der Waals surface area (Å²) in [7, 11) is 0. The number of nitrogens with zero attached hydrogens (tertiary/aromatic N) is 3. The van der Waals surface area contributed by atoms with Gasteiger partial charge in [-0.25, -0.2) is 9.78 Å². The SMILES string of the molecule is CCCn1ccnc1C(N)C1CCN(C(=O)OC(C)(C)C)C1. The van der Waals surface area contributed by atoms with Crippen molar-refractivity contribution in [3.8, 4) is 0 Å². The van der Waals surface area contributed by atoms with Crippen LogP contribution < -0.4 is 5.73 Å². The highest BCUT2D eigenvalue weighted by molar-refractivity contribution is 5.68. The Bertz CT molecular complexity index is 506. The van der Waals surface area contributed by atoms with Gasteiger partial charge >= 0.3 is 6.09 Å². The first-order chi connectivity index (χ1) is 10.3. The third-order valence-electron chi connectivity index (χ3n) is 3.89. The summed E-state index contributed by atoms with van der Waals surface area (Å²) in [6.45, 7) is 10.0. The molecule has 1 saturated heterocycles. The van der Waals surface area contributed by atoms with E-state index in [1.807, 2.05) is 27.0 Å². The van der Waals surface area contributed by atoms with Crippen molar-refractivity contribution in [3.63, 3.8) is 0 Å². The monoisotopic (exact) mass is 308 g/mol. The lowest BCUT2D eigenvalue weighted by Crippen LogP contribution is -2.36. The molecule has 2 rings (SSSR count). The minimum absolute atomic E-state index is 0.144. The molecule has 2 heterocycles. The van der Waals surface area contributed by atoms with Gasteiger partial charge in [0.25, 0.3) is 0 Å². The highest BCUT2D eigenvalue weighted by Gasteiger charge is 2.34. The quantitative estimate of drug-likeness (QED) is 0.927. The van der Waals surface area contributed by atoms with E-state index in [0.29, 0.717) is 13.1 Å². The number of carbonyl (C=O) groups excluding carboxylic acids is 1. The van der Waals surface area contributed by atoms with E-state index in [-0.39, 0.29) is 18.1 Å². The number of aryl methyl sites for hydroxylation is 1. The number of hydrogen-bond donors (Lipinski definition) is 1. The average Bonchev–Trinajstić information content (AvgIpc) is 3.05. The molecule has 1 fully saturated rings. The van der Waals surface area contributed by atoms with Gasteiger partial charge in [-0.05, 0) is 33.6 Å². The summed E-state index contributed by atoms with van der Waals surface area (Å²) in [5.41, 5.74) is 5.94. The lowest BCUT2D eigenvalue weighted by atomic mass is 9.99. The van der Waals surface area contributed by atoms with Crippen molar-refractivity contribution in [1.29, 1.82) is 0 Å². The Kier molecular flexibility index (Phi) is 5.11. The van der Waals surface area contributed by atoms with Crippen molar-refractivity contribution in [1.82, 2.24) is 14.5 Å². The molecular formula is C16H28N4O2. The summed E-state index contributed by atoms with van der Waals surface area (Å²) in [6.07, 6.45) is 5.45. The van der Waals surface area contributed by atoms with Crippen LogP contribution in [0, 0.1) is 5.92 Å². The average molecular weight is 308 g/mol. The lowest BCUT2D eigenvalue weighted by Gasteiger charge is -2.25. The number of ether oxygens (including phenoxy) is 1. The van der Waals surface area contributed by atoms with Crippen molar-refractivity contribution in [3.05, 3.63) is 18.2 Å². The smallest absolute Gasteiger partial charge is 0.410 e. The molecule has 0 spiro atoms. The Balaban J connectivity index is 1.97. The Morgan fingerprint density at radius 3 is 2.91 bits per heavy atom. The second-order valence-electron chi connectivity index (χ2n) is 6.98. The fourth-order valence-corrected chi connectivity index (χ4v) is 2.83. The maximum atomic E-state index is 12.1. The van der Waals surface area contributed by atoms with Crippen LogP contribution in [-0.2, 0) is 11.3 Å². The summed E-state index contributed by atoms with van der Waals surface area (Å²) >= 11 is 0. The van der Waals surface area contributed by atoms with Crippen molar-refractivity contribution in [2.24, 2.45) is 11.7 Å². The highest BCUT2D eigenvalue weighted by Crippen LogP contribution is 2.28. The van der Waals surface area contributed by atoms with Crippen molar-refractivity contribution in [2.75, 3.05) is 13.1 Å². The maximum absolute atomic E-state index is 12.1. The van der Waals surface area contributed by atoms with Gasteiger partial charge in [0.05, 0.1) is 6.04 Å². The van der Waals surface area contributed by atoms with Gasteiger partial charge in [-0.3, -0.25) is 0 Å². The molecule has 0 radical (unpaired) electrons. The lowest BCUT2D eigenvalue weighted by molar-refractivity contribution is 0.0286. The molecule has 2 unspecified atom stereocenters. The van der Waals surface area contributed by atoms with Gasteiger partial charge in [-0.1, -0.05) is 6.92 Å².